The van der Waals surface area contributed by atoms with E-state index in [1.165, 1.54) is 6.07 Å². The second-order valence-electron chi connectivity index (χ2n) is 4.69. The largest absolute Gasteiger partial charge is 0.324 e. The number of hydrogen-bond acceptors (Lipinski definition) is 2. The summed E-state index contributed by atoms with van der Waals surface area (Å²) >= 11 is 0. The van der Waals surface area contributed by atoms with Crippen LogP contribution in [-0.4, -0.2) is 18.6 Å². The Bertz CT molecular complexity index is 374. The average molecular weight is 208 g/mol. The fourth-order valence-electron chi connectivity index (χ4n) is 2.34. The molecule has 0 spiro atoms. The molecular weight excluding hydrogens is 191 g/mol. The molecule has 15 heavy (non-hydrogen) atoms. The zero-order chi connectivity index (χ0) is 11.1. The van der Waals surface area contributed by atoms with Crippen LogP contribution in [0.25, 0.3) is 0 Å². The number of benzene rings is 1. The molecule has 0 saturated carbocycles. The molecule has 1 saturated heterocycles. The average Bonchev–Trinajstić information content (AvgIpc) is 2.46. The quantitative estimate of drug-likeness (QED) is 0.734. The molecule has 0 bridgehead atoms. The van der Waals surface area contributed by atoms with Crippen molar-refractivity contribution in [1.82, 2.24) is 5.32 Å². The van der Waals surface area contributed by atoms with Crippen LogP contribution in [0.15, 0.2) is 18.2 Å². The monoisotopic (exact) mass is 208 g/mol. The maximum atomic E-state index is 13.0. The highest BCUT2D eigenvalue weighted by Gasteiger charge is 2.36. The van der Waals surface area contributed by atoms with Crippen LogP contribution >= 0.6 is 0 Å². The molecule has 0 unspecified atom stereocenters. The van der Waals surface area contributed by atoms with Crippen molar-refractivity contribution in [1.29, 1.82) is 0 Å². The zero-order valence-electron chi connectivity index (χ0n) is 9.18. The molecule has 3 heteroatoms. The molecule has 1 aliphatic heterocycles. The lowest BCUT2D eigenvalue weighted by atomic mass is 9.82. The second kappa shape index (κ2) is 3.58. The lowest BCUT2D eigenvalue weighted by Gasteiger charge is -2.27. The van der Waals surface area contributed by atoms with Gasteiger partial charge in [-0.05, 0) is 37.1 Å². The SMILES string of the molecule is Cc1cc(F)ccc1[C@@H]1CNC[C@@]1(C)N. The van der Waals surface area contributed by atoms with Gasteiger partial charge in [0.2, 0.25) is 0 Å². The summed E-state index contributed by atoms with van der Waals surface area (Å²) < 4.78 is 13.0. The van der Waals surface area contributed by atoms with Gasteiger partial charge in [0.05, 0.1) is 0 Å². The fourth-order valence-corrected chi connectivity index (χ4v) is 2.34. The van der Waals surface area contributed by atoms with E-state index in [-0.39, 0.29) is 17.3 Å². The van der Waals surface area contributed by atoms with Crippen molar-refractivity contribution in [2.24, 2.45) is 5.73 Å². The van der Waals surface area contributed by atoms with E-state index in [2.05, 4.69) is 5.32 Å². The summed E-state index contributed by atoms with van der Waals surface area (Å²) in [5.41, 5.74) is 8.12. The molecule has 0 aliphatic carbocycles. The minimum atomic E-state index is -0.234. The zero-order valence-corrected chi connectivity index (χ0v) is 9.18. The van der Waals surface area contributed by atoms with Gasteiger partial charge in [0, 0.05) is 24.5 Å². The van der Waals surface area contributed by atoms with Crippen LogP contribution in [0.1, 0.15) is 24.0 Å². The number of halogens is 1. The van der Waals surface area contributed by atoms with Crippen molar-refractivity contribution < 1.29 is 4.39 Å². The predicted octanol–water partition coefficient (Wildman–Crippen LogP) is 1.54. The molecule has 1 aromatic carbocycles. The van der Waals surface area contributed by atoms with E-state index in [9.17, 15) is 4.39 Å². The third-order valence-electron chi connectivity index (χ3n) is 3.26. The molecule has 0 radical (unpaired) electrons. The van der Waals surface area contributed by atoms with Crippen LogP contribution in [0.3, 0.4) is 0 Å². The molecule has 0 amide bonds. The Balaban J connectivity index is 2.37. The third-order valence-corrected chi connectivity index (χ3v) is 3.26. The first kappa shape index (κ1) is 10.6. The maximum absolute atomic E-state index is 13.0. The highest BCUT2D eigenvalue weighted by molar-refractivity contribution is 5.34. The number of hydrogen-bond donors (Lipinski definition) is 2. The van der Waals surface area contributed by atoms with Crippen molar-refractivity contribution in [3.8, 4) is 0 Å². The third kappa shape index (κ3) is 1.90. The van der Waals surface area contributed by atoms with Gasteiger partial charge in [0.25, 0.3) is 0 Å². The Labute approximate surface area is 89.7 Å². The van der Waals surface area contributed by atoms with Gasteiger partial charge in [-0.15, -0.1) is 0 Å². The second-order valence-corrected chi connectivity index (χ2v) is 4.69. The Kier molecular flexibility index (Phi) is 2.52. The minimum absolute atomic E-state index is 0.180. The van der Waals surface area contributed by atoms with E-state index >= 15 is 0 Å². The van der Waals surface area contributed by atoms with Gasteiger partial charge in [0.15, 0.2) is 0 Å². The standard InChI is InChI=1S/C12H17FN2/c1-8-5-9(13)3-4-10(8)11-6-15-7-12(11,2)14/h3-5,11,15H,6-7,14H2,1-2H3/t11-,12+/m0/s1. The van der Waals surface area contributed by atoms with Crippen LogP contribution in [-0.2, 0) is 0 Å². The van der Waals surface area contributed by atoms with Crippen LogP contribution in [0.4, 0.5) is 4.39 Å². The first-order chi connectivity index (χ1) is 7.00. The van der Waals surface area contributed by atoms with E-state index in [1.807, 2.05) is 19.9 Å². The van der Waals surface area contributed by atoms with Crippen molar-refractivity contribution in [2.45, 2.75) is 25.3 Å². The fraction of sp³-hybridized carbons (Fsp3) is 0.500. The molecule has 82 valence electrons. The molecule has 1 heterocycles. The van der Waals surface area contributed by atoms with E-state index in [0.29, 0.717) is 0 Å². The summed E-state index contributed by atoms with van der Waals surface area (Å²) in [5.74, 6) is 0.0963. The van der Waals surface area contributed by atoms with Gasteiger partial charge in [0.1, 0.15) is 5.82 Å². The Morgan fingerprint density at radius 2 is 2.27 bits per heavy atom. The van der Waals surface area contributed by atoms with Gasteiger partial charge >= 0.3 is 0 Å². The maximum Gasteiger partial charge on any atom is 0.123 e. The number of aryl methyl sites for hydroxylation is 1. The van der Waals surface area contributed by atoms with Gasteiger partial charge in [-0.1, -0.05) is 6.07 Å². The van der Waals surface area contributed by atoms with Crippen LogP contribution in [0, 0.1) is 12.7 Å². The summed E-state index contributed by atoms with van der Waals surface area (Å²) in [4.78, 5) is 0. The molecule has 3 N–H and O–H groups in total. The molecule has 1 aliphatic rings. The molecule has 2 atom stereocenters. The summed E-state index contributed by atoms with van der Waals surface area (Å²) in [6.07, 6.45) is 0. The molecule has 2 rings (SSSR count). The first-order valence-electron chi connectivity index (χ1n) is 5.26. The van der Waals surface area contributed by atoms with Gasteiger partial charge in [-0.25, -0.2) is 4.39 Å². The highest BCUT2D eigenvalue weighted by atomic mass is 19.1. The van der Waals surface area contributed by atoms with Gasteiger partial charge in [-0.2, -0.15) is 0 Å². The van der Waals surface area contributed by atoms with E-state index < -0.39 is 0 Å². The summed E-state index contributed by atoms with van der Waals surface area (Å²) in [5, 5.41) is 3.28. The Morgan fingerprint density at radius 1 is 1.53 bits per heavy atom. The normalized spacial score (nSPS) is 30.8. The predicted molar refractivity (Wildman–Crippen MR) is 59.3 cm³/mol. The smallest absolute Gasteiger partial charge is 0.123 e. The number of nitrogens with one attached hydrogen (secondary N) is 1. The molecule has 1 aromatic rings. The van der Waals surface area contributed by atoms with E-state index in [0.717, 1.165) is 24.2 Å². The Morgan fingerprint density at radius 3 is 2.80 bits per heavy atom. The van der Waals surface area contributed by atoms with Crippen LogP contribution in [0.2, 0.25) is 0 Å². The van der Waals surface area contributed by atoms with Gasteiger partial charge in [-0.3, -0.25) is 0 Å². The summed E-state index contributed by atoms with van der Waals surface area (Å²) in [6, 6.07) is 4.94. The minimum Gasteiger partial charge on any atom is -0.324 e. The lowest BCUT2D eigenvalue weighted by Crippen LogP contribution is -2.43. The summed E-state index contributed by atoms with van der Waals surface area (Å²) in [6.45, 7) is 5.67. The van der Waals surface area contributed by atoms with Crippen molar-refractivity contribution >= 4 is 0 Å². The van der Waals surface area contributed by atoms with Crippen LogP contribution < -0.4 is 11.1 Å². The number of rotatable bonds is 1. The lowest BCUT2D eigenvalue weighted by molar-refractivity contribution is 0.460. The highest BCUT2D eigenvalue weighted by Crippen LogP contribution is 2.31. The van der Waals surface area contributed by atoms with Crippen molar-refractivity contribution in [3.63, 3.8) is 0 Å². The topological polar surface area (TPSA) is 38.0 Å². The Hall–Kier alpha value is -0.930. The summed E-state index contributed by atoms with van der Waals surface area (Å²) in [7, 11) is 0. The van der Waals surface area contributed by atoms with Crippen molar-refractivity contribution in [3.05, 3.63) is 35.1 Å². The number of nitrogens with two attached hydrogens (primary N) is 1. The molecular formula is C12H17FN2. The molecule has 1 fully saturated rings. The van der Waals surface area contributed by atoms with E-state index in [4.69, 9.17) is 5.73 Å². The van der Waals surface area contributed by atoms with Gasteiger partial charge < -0.3 is 11.1 Å². The molecule has 0 aromatic heterocycles. The van der Waals surface area contributed by atoms with E-state index in [1.54, 1.807) is 6.07 Å². The molecule has 2 nitrogen and oxygen atoms in total. The van der Waals surface area contributed by atoms with Crippen LogP contribution in [0.5, 0.6) is 0 Å². The first-order valence-corrected chi connectivity index (χ1v) is 5.26. The van der Waals surface area contributed by atoms with Crippen molar-refractivity contribution in [2.75, 3.05) is 13.1 Å².